The number of nitro groups is 1. The van der Waals surface area contributed by atoms with E-state index in [4.69, 9.17) is 11.5 Å². The molecular formula is C13H11BrClN7O2S. The van der Waals surface area contributed by atoms with Gasteiger partial charge in [0.2, 0.25) is 5.96 Å². The number of aromatic nitrogens is 2. The van der Waals surface area contributed by atoms with Crippen molar-refractivity contribution in [1.29, 1.82) is 0 Å². The molecule has 0 saturated carbocycles. The molecule has 1 aromatic carbocycles. The summed E-state index contributed by atoms with van der Waals surface area (Å²) in [6.45, 7) is 0. The lowest BCUT2D eigenvalue weighted by atomic mass is 10.1. The normalized spacial score (nSPS) is 10.8. The summed E-state index contributed by atoms with van der Waals surface area (Å²) in [7, 11) is 0. The molecule has 0 unspecified atom stereocenters. The first kappa shape index (κ1) is 18.8. The molecule has 0 radical (unpaired) electrons. The summed E-state index contributed by atoms with van der Waals surface area (Å²) >= 11 is 4.60. The predicted molar refractivity (Wildman–Crippen MR) is 104 cm³/mol. The van der Waals surface area contributed by atoms with Crippen LogP contribution in [0.2, 0.25) is 0 Å². The fraction of sp³-hybridized carbons (Fsp3) is 0. The number of hydrogen-bond donors (Lipinski definition) is 2. The van der Waals surface area contributed by atoms with Gasteiger partial charge in [0, 0.05) is 23.2 Å². The van der Waals surface area contributed by atoms with E-state index in [1.807, 2.05) is 11.6 Å². The molecular weight excluding hydrogens is 434 g/mol. The van der Waals surface area contributed by atoms with Crippen molar-refractivity contribution in [1.82, 2.24) is 9.38 Å². The molecule has 3 rings (SSSR count). The van der Waals surface area contributed by atoms with Gasteiger partial charge in [-0.15, -0.1) is 28.8 Å². The maximum atomic E-state index is 11.1. The summed E-state index contributed by atoms with van der Waals surface area (Å²) in [5, 5.41) is 20.4. The number of guanidine groups is 1. The molecule has 25 heavy (non-hydrogen) atoms. The van der Waals surface area contributed by atoms with Crippen LogP contribution in [0.15, 0.2) is 44.5 Å². The smallest absolute Gasteiger partial charge is 0.284 e. The quantitative estimate of drug-likeness (QED) is 0.276. The molecule has 0 bridgehead atoms. The van der Waals surface area contributed by atoms with Crippen molar-refractivity contribution >= 4 is 62.5 Å². The molecule has 2 aromatic heterocycles. The van der Waals surface area contributed by atoms with Crippen LogP contribution in [0.4, 0.5) is 5.69 Å². The topological polar surface area (TPSA) is 137 Å². The number of halogens is 2. The molecule has 9 nitrogen and oxygen atoms in total. The number of imidazole rings is 1. The molecule has 3 aromatic rings. The molecule has 0 fully saturated rings. The van der Waals surface area contributed by atoms with Gasteiger partial charge in [0.1, 0.15) is 0 Å². The summed E-state index contributed by atoms with van der Waals surface area (Å²) in [6, 6.07) is 4.80. The van der Waals surface area contributed by atoms with E-state index in [0.717, 1.165) is 4.96 Å². The molecule has 12 heteroatoms. The molecule has 4 N–H and O–H groups in total. The summed E-state index contributed by atoms with van der Waals surface area (Å²) in [5.41, 5.74) is 12.2. The monoisotopic (exact) mass is 443 g/mol. The SMILES string of the molecule is Cl.NC(N)=N/N=C\c1c(-c2ccc(Br)c([N+](=O)[O-])c2)nc2sccn12. The Bertz CT molecular complexity index is 994. The second-order valence-electron chi connectivity index (χ2n) is 4.59. The van der Waals surface area contributed by atoms with E-state index in [9.17, 15) is 10.1 Å². The highest BCUT2D eigenvalue weighted by Crippen LogP contribution is 2.32. The van der Waals surface area contributed by atoms with Gasteiger partial charge in [0.05, 0.1) is 27.0 Å². The van der Waals surface area contributed by atoms with Gasteiger partial charge in [-0.1, -0.05) is 6.07 Å². The standard InChI is InChI=1S/C13H10BrN7O2S.ClH/c14-8-2-1-7(5-9(8)21(22)23)11-10(6-17-19-12(15)16)20-3-4-24-13(20)18-11;/h1-6H,(H4,15,16,19);1H/b17-6-;. The van der Waals surface area contributed by atoms with Crippen molar-refractivity contribution in [2.75, 3.05) is 0 Å². The second-order valence-corrected chi connectivity index (χ2v) is 6.32. The van der Waals surface area contributed by atoms with Crippen molar-refractivity contribution in [3.63, 3.8) is 0 Å². The number of hydrogen-bond acceptors (Lipinski definition) is 6. The predicted octanol–water partition coefficient (Wildman–Crippen LogP) is 2.76. The highest BCUT2D eigenvalue weighted by molar-refractivity contribution is 9.10. The van der Waals surface area contributed by atoms with Crippen molar-refractivity contribution in [3.8, 4) is 11.3 Å². The Balaban J connectivity index is 0.00000225. The van der Waals surface area contributed by atoms with E-state index < -0.39 is 4.92 Å². The average molecular weight is 445 g/mol. The number of rotatable bonds is 4. The van der Waals surface area contributed by atoms with Crippen molar-refractivity contribution in [2.45, 2.75) is 0 Å². The van der Waals surface area contributed by atoms with E-state index in [1.165, 1.54) is 23.6 Å². The van der Waals surface area contributed by atoms with Crippen LogP contribution < -0.4 is 11.5 Å². The molecule has 0 amide bonds. The van der Waals surface area contributed by atoms with Crippen molar-refractivity contribution in [3.05, 3.63) is 50.1 Å². The van der Waals surface area contributed by atoms with Gasteiger partial charge in [0.25, 0.3) is 5.69 Å². The highest BCUT2D eigenvalue weighted by atomic mass is 79.9. The number of nitrogens with two attached hydrogens (primary N) is 2. The molecule has 0 aliphatic rings. The van der Waals surface area contributed by atoms with E-state index in [-0.39, 0.29) is 24.1 Å². The van der Waals surface area contributed by atoms with E-state index >= 15 is 0 Å². The minimum atomic E-state index is -0.459. The number of benzene rings is 1. The van der Waals surface area contributed by atoms with Crippen molar-refractivity contribution < 1.29 is 4.92 Å². The third kappa shape index (κ3) is 3.78. The Kier molecular flexibility index (Phi) is 5.72. The van der Waals surface area contributed by atoms with Crippen LogP contribution in [0.5, 0.6) is 0 Å². The van der Waals surface area contributed by atoms with Crippen LogP contribution in [0, 0.1) is 10.1 Å². The highest BCUT2D eigenvalue weighted by Gasteiger charge is 2.18. The largest absolute Gasteiger partial charge is 0.369 e. The Morgan fingerprint density at radius 3 is 2.88 bits per heavy atom. The molecule has 0 atom stereocenters. The molecule has 130 valence electrons. The average Bonchev–Trinajstić information content (AvgIpc) is 3.09. The van der Waals surface area contributed by atoms with Crippen LogP contribution >= 0.6 is 39.7 Å². The summed E-state index contributed by atoms with van der Waals surface area (Å²) in [5.74, 6) is -0.168. The van der Waals surface area contributed by atoms with Gasteiger partial charge < -0.3 is 11.5 Å². The number of nitro benzene ring substituents is 1. The van der Waals surface area contributed by atoms with E-state index in [1.54, 1.807) is 16.5 Å². The van der Waals surface area contributed by atoms with Gasteiger partial charge in [-0.25, -0.2) is 4.98 Å². The number of nitrogens with zero attached hydrogens (tertiary/aromatic N) is 5. The third-order valence-corrected chi connectivity index (χ3v) is 4.50. The lowest BCUT2D eigenvalue weighted by Gasteiger charge is -2.01. The lowest BCUT2D eigenvalue weighted by Crippen LogP contribution is -2.21. The molecule has 0 saturated heterocycles. The van der Waals surface area contributed by atoms with E-state index in [0.29, 0.717) is 21.4 Å². The Hall–Kier alpha value is -2.50. The van der Waals surface area contributed by atoms with Crippen LogP contribution in [0.1, 0.15) is 5.69 Å². The van der Waals surface area contributed by atoms with Crippen LogP contribution in [-0.2, 0) is 0 Å². The Morgan fingerprint density at radius 2 is 2.20 bits per heavy atom. The van der Waals surface area contributed by atoms with Crippen LogP contribution in [0.3, 0.4) is 0 Å². The molecule has 0 aliphatic carbocycles. The van der Waals surface area contributed by atoms with Gasteiger partial charge in [0.15, 0.2) is 4.96 Å². The fourth-order valence-corrected chi connectivity index (χ4v) is 3.20. The summed E-state index contributed by atoms with van der Waals surface area (Å²) in [4.78, 5) is 15.9. The van der Waals surface area contributed by atoms with Gasteiger partial charge in [-0.05, 0) is 22.0 Å². The first-order valence-electron chi connectivity index (χ1n) is 6.49. The molecule has 2 heterocycles. The number of fused-ring (bicyclic) bond motifs is 1. The second kappa shape index (κ2) is 7.59. The van der Waals surface area contributed by atoms with Gasteiger partial charge in [-0.2, -0.15) is 5.10 Å². The zero-order valence-electron chi connectivity index (χ0n) is 12.4. The summed E-state index contributed by atoms with van der Waals surface area (Å²) < 4.78 is 2.20. The fourth-order valence-electron chi connectivity index (χ4n) is 2.09. The Labute approximate surface area is 159 Å². The van der Waals surface area contributed by atoms with Crippen LogP contribution in [0.25, 0.3) is 16.2 Å². The molecule has 0 spiro atoms. The minimum absolute atomic E-state index is 0. The zero-order chi connectivity index (χ0) is 17.3. The first-order valence-corrected chi connectivity index (χ1v) is 8.16. The number of thiazole rings is 1. The molecule has 0 aliphatic heterocycles. The van der Waals surface area contributed by atoms with Crippen LogP contribution in [-0.4, -0.2) is 26.5 Å². The van der Waals surface area contributed by atoms with Gasteiger partial charge >= 0.3 is 0 Å². The Morgan fingerprint density at radius 1 is 1.44 bits per heavy atom. The maximum absolute atomic E-state index is 11.1. The third-order valence-electron chi connectivity index (χ3n) is 3.07. The van der Waals surface area contributed by atoms with E-state index in [2.05, 4.69) is 31.1 Å². The summed E-state index contributed by atoms with van der Waals surface area (Å²) in [6.07, 6.45) is 3.27. The first-order chi connectivity index (χ1) is 11.5. The zero-order valence-corrected chi connectivity index (χ0v) is 15.6. The lowest BCUT2D eigenvalue weighted by molar-refractivity contribution is -0.385. The minimum Gasteiger partial charge on any atom is -0.369 e. The maximum Gasteiger partial charge on any atom is 0.284 e. The van der Waals surface area contributed by atoms with Gasteiger partial charge in [-0.3, -0.25) is 14.5 Å². The van der Waals surface area contributed by atoms with Crippen molar-refractivity contribution in [2.24, 2.45) is 21.7 Å².